The van der Waals surface area contributed by atoms with Crippen LogP contribution in [0.25, 0.3) is 11.2 Å². The number of aliphatic hydroxyl groups excluding tert-OH is 1. The molecule has 3 rings (SSSR count). The van der Waals surface area contributed by atoms with Crippen LogP contribution in [0.1, 0.15) is 33.7 Å². The number of hydrogen-bond donors (Lipinski definition) is 3. The van der Waals surface area contributed by atoms with E-state index in [1.165, 1.54) is 0 Å². The third-order valence-electron chi connectivity index (χ3n) is 4.40. The van der Waals surface area contributed by atoms with E-state index in [4.69, 9.17) is 11.6 Å². The van der Waals surface area contributed by atoms with Gasteiger partial charge in [0.25, 0.3) is 0 Å². The summed E-state index contributed by atoms with van der Waals surface area (Å²) < 4.78 is 2.00. The highest BCUT2D eigenvalue weighted by Gasteiger charge is 2.18. The van der Waals surface area contributed by atoms with Gasteiger partial charge in [-0.1, -0.05) is 25.4 Å². The van der Waals surface area contributed by atoms with Crippen LogP contribution in [-0.4, -0.2) is 37.3 Å². The zero-order chi connectivity index (χ0) is 19.6. The van der Waals surface area contributed by atoms with Crippen molar-refractivity contribution in [3.63, 3.8) is 0 Å². The van der Waals surface area contributed by atoms with Crippen LogP contribution in [0.2, 0.25) is 5.02 Å². The number of halogens is 1. The highest BCUT2D eigenvalue weighted by Crippen LogP contribution is 2.27. The van der Waals surface area contributed by atoms with Crippen LogP contribution >= 0.6 is 11.6 Å². The summed E-state index contributed by atoms with van der Waals surface area (Å²) in [5.74, 6) is 1.29. The van der Waals surface area contributed by atoms with Crippen LogP contribution in [0.5, 0.6) is 0 Å². The molecule has 0 aliphatic carbocycles. The van der Waals surface area contributed by atoms with Gasteiger partial charge in [0.1, 0.15) is 0 Å². The molecular weight excluding hydrogens is 364 g/mol. The molecule has 3 N–H and O–H groups in total. The van der Waals surface area contributed by atoms with Crippen molar-refractivity contribution in [3.05, 3.63) is 35.6 Å². The van der Waals surface area contributed by atoms with Crippen molar-refractivity contribution in [1.82, 2.24) is 19.5 Å². The highest BCUT2D eigenvalue weighted by molar-refractivity contribution is 6.30. The Hall–Kier alpha value is -2.38. The molecule has 0 fully saturated rings. The van der Waals surface area contributed by atoms with Crippen molar-refractivity contribution >= 4 is 40.2 Å². The van der Waals surface area contributed by atoms with Crippen LogP contribution < -0.4 is 10.6 Å². The number of aliphatic hydroxyl groups is 1. The molecule has 0 unspecified atom stereocenters. The van der Waals surface area contributed by atoms with Crippen molar-refractivity contribution in [2.45, 2.75) is 39.8 Å². The van der Waals surface area contributed by atoms with Gasteiger partial charge in [-0.25, -0.2) is 4.98 Å². The lowest BCUT2D eigenvalue weighted by atomic mass is 10.1. The summed E-state index contributed by atoms with van der Waals surface area (Å²) >= 11 is 5.97. The van der Waals surface area contributed by atoms with E-state index in [2.05, 4.69) is 39.4 Å². The molecule has 0 saturated carbocycles. The van der Waals surface area contributed by atoms with Crippen molar-refractivity contribution < 1.29 is 5.11 Å². The fourth-order valence-electron chi connectivity index (χ4n) is 2.71. The van der Waals surface area contributed by atoms with E-state index in [9.17, 15) is 5.11 Å². The summed E-state index contributed by atoms with van der Waals surface area (Å²) in [6, 6.07) is 7.46. The molecule has 1 aromatic carbocycles. The second-order valence-electron chi connectivity index (χ2n) is 7.12. The largest absolute Gasteiger partial charge is 0.394 e. The minimum atomic E-state index is -0.138. The lowest BCUT2D eigenvalue weighted by molar-refractivity contribution is 0.248. The molecule has 0 aliphatic heterocycles. The molecule has 0 amide bonds. The van der Waals surface area contributed by atoms with Gasteiger partial charge in [0.05, 0.1) is 19.0 Å². The Labute approximate surface area is 163 Å². The fourth-order valence-corrected chi connectivity index (χ4v) is 2.83. The van der Waals surface area contributed by atoms with Crippen LogP contribution in [0, 0.1) is 5.92 Å². The molecular formula is C19H25ClN6O. The Balaban J connectivity index is 2.05. The Morgan fingerprint density at radius 1 is 1.11 bits per heavy atom. The summed E-state index contributed by atoms with van der Waals surface area (Å²) in [5.41, 5.74) is 2.28. The topological polar surface area (TPSA) is 87.9 Å². The number of nitrogens with zero attached hydrogens (tertiary/aromatic N) is 4. The summed E-state index contributed by atoms with van der Waals surface area (Å²) in [7, 11) is 0. The van der Waals surface area contributed by atoms with Crippen LogP contribution in [0.4, 0.5) is 17.5 Å². The van der Waals surface area contributed by atoms with E-state index in [1.807, 2.05) is 42.7 Å². The van der Waals surface area contributed by atoms with E-state index in [1.54, 1.807) is 6.33 Å². The molecule has 1 atom stereocenters. The average molecular weight is 389 g/mol. The zero-order valence-electron chi connectivity index (χ0n) is 15.9. The van der Waals surface area contributed by atoms with E-state index < -0.39 is 0 Å². The summed E-state index contributed by atoms with van der Waals surface area (Å²) in [4.78, 5) is 13.8. The number of benzene rings is 1. The number of rotatable bonds is 7. The molecule has 27 heavy (non-hydrogen) atoms. The fraction of sp³-hybridized carbons (Fsp3) is 0.421. The standard InChI is InChI=1S/C19H25ClN6O/c1-11(2)15(9-27)23-19-24-17(22-14-7-5-13(20)6-8-14)16-18(25-19)26(10-21-16)12(3)4/h5-8,10-12,15,27H,9H2,1-4H3,(H2,22,23,24,25)/t15-/m0/s1. The van der Waals surface area contributed by atoms with E-state index in [0.717, 1.165) is 11.3 Å². The SMILES string of the molecule is CC(C)[C@H](CO)Nc1nc(Nc2ccc(Cl)cc2)c2ncn(C(C)C)c2n1. The molecule has 7 nitrogen and oxygen atoms in total. The first-order valence-corrected chi connectivity index (χ1v) is 9.41. The number of imidazole rings is 1. The van der Waals surface area contributed by atoms with Crippen molar-refractivity contribution in [2.24, 2.45) is 5.92 Å². The molecule has 0 bridgehead atoms. The summed E-state index contributed by atoms with van der Waals surface area (Å²) in [6.45, 7) is 8.23. The van der Waals surface area contributed by atoms with Crippen molar-refractivity contribution in [1.29, 1.82) is 0 Å². The Bertz CT molecular complexity index is 906. The van der Waals surface area contributed by atoms with E-state index in [0.29, 0.717) is 22.3 Å². The minimum Gasteiger partial charge on any atom is -0.394 e. The molecule has 3 aromatic rings. The first-order chi connectivity index (χ1) is 12.9. The maximum atomic E-state index is 9.64. The second kappa shape index (κ2) is 8.10. The third kappa shape index (κ3) is 4.31. The van der Waals surface area contributed by atoms with Gasteiger partial charge >= 0.3 is 0 Å². The van der Waals surface area contributed by atoms with Crippen LogP contribution in [0.15, 0.2) is 30.6 Å². The minimum absolute atomic E-state index is 0.00243. The molecule has 0 aliphatic rings. The predicted molar refractivity (Wildman–Crippen MR) is 110 cm³/mol. The predicted octanol–water partition coefficient (Wildman–Crippen LogP) is 4.23. The number of nitrogens with one attached hydrogen (secondary N) is 2. The second-order valence-corrected chi connectivity index (χ2v) is 7.56. The normalized spacial score (nSPS) is 12.7. The zero-order valence-corrected chi connectivity index (χ0v) is 16.7. The molecule has 144 valence electrons. The quantitative estimate of drug-likeness (QED) is 0.561. The highest BCUT2D eigenvalue weighted by atomic mass is 35.5. The summed E-state index contributed by atoms with van der Waals surface area (Å²) in [6.07, 6.45) is 1.77. The van der Waals surface area contributed by atoms with E-state index >= 15 is 0 Å². The number of aromatic nitrogens is 4. The van der Waals surface area contributed by atoms with E-state index in [-0.39, 0.29) is 24.6 Å². The summed E-state index contributed by atoms with van der Waals surface area (Å²) in [5, 5.41) is 16.8. The third-order valence-corrected chi connectivity index (χ3v) is 4.65. The molecule has 2 aromatic heterocycles. The molecule has 8 heteroatoms. The average Bonchev–Trinajstić information content (AvgIpc) is 3.05. The molecule has 2 heterocycles. The van der Waals surface area contributed by atoms with Gasteiger partial charge in [-0.15, -0.1) is 0 Å². The molecule has 0 saturated heterocycles. The smallest absolute Gasteiger partial charge is 0.227 e. The first kappa shape index (κ1) is 19.4. The number of fused-ring (bicyclic) bond motifs is 1. The van der Waals surface area contributed by atoms with Gasteiger partial charge in [0.15, 0.2) is 17.0 Å². The van der Waals surface area contributed by atoms with Gasteiger partial charge in [-0.05, 0) is 44.0 Å². The van der Waals surface area contributed by atoms with Crippen LogP contribution in [0.3, 0.4) is 0 Å². The lowest BCUT2D eigenvalue weighted by Gasteiger charge is -2.20. The Morgan fingerprint density at radius 2 is 1.81 bits per heavy atom. The maximum Gasteiger partial charge on any atom is 0.227 e. The van der Waals surface area contributed by atoms with Gasteiger partial charge in [0, 0.05) is 16.8 Å². The van der Waals surface area contributed by atoms with Crippen LogP contribution in [-0.2, 0) is 0 Å². The van der Waals surface area contributed by atoms with Crippen molar-refractivity contribution in [2.75, 3.05) is 17.2 Å². The monoisotopic (exact) mass is 388 g/mol. The molecule has 0 spiro atoms. The maximum absolute atomic E-state index is 9.64. The van der Waals surface area contributed by atoms with Gasteiger partial charge in [-0.3, -0.25) is 0 Å². The number of hydrogen-bond acceptors (Lipinski definition) is 6. The van der Waals surface area contributed by atoms with Gasteiger partial charge in [-0.2, -0.15) is 9.97 Å². The lowest BCUT2D eigenvalue weighted by Crippen LogP contribution is -2.30. The van der Waals surface area contributed by atoms with Gasteiger partial charge in [0.2, 0.25) is 5.95 Å². The first-order valence-electron chi connectivity index (χ1n) is 9.03. The molecule has 0 radical (unpaired) electrons. The van der Waals surface area contributed by atoms with Crippen molar-refractivity contribution in [3.8, 4) is 0 Å². The van der Waals surface area contributed by atoms with Gasteiger partial charge < -0.3 is 20.3 Å². The Kier molecular flexibility index (Phi) is 5.82. The Morgan fingerprint density at radius 3 is 2.41 bits per heavy atom. The number of anilines is 3.